The monoisotopic (exact) mass is 392 g/mol. The van der Waals surface area contributed by atoms with Crippen molar-refractivity contribution in [1.82, 2.24) is 4.90 Å². The Balaban J connectivity index is 2.06. The molecule has 27 heavy (non-hydrogen) atoms. The number of amides is 1. The van der Waals surface area contributed by atoms with Crippen LogP contribution in [-0.4, -0.2) is 49.4 Å². The summed E-state index contributed by atoms with van der Waals surface area (Å²) in [5.74, 6) is 0.0705. The SMILES string of the molecule is COc1cc(Cl)cc(-c2cc(F)ccc2N(C[C@@H]2CCCN2C)C(=O)O)c1. The first-order valence-electron chi connectivity index (χ1n) is 8.74. The minimum atomic E-state index is -1.07. The van der Waals surface area contributed by atoms with Gasteiger partial charge in [0.2, 0.25) is 0 Å². The summed E-state index contributed by atoms with van der Waals surface area (Å²) < 4.78 is 19.3. The second-order valence-corrected chi connectivity index (χ2v) is 7.15. The van der Waals surface area contributed by atoms with Gasteiger partial charge in [-0.25, -0.2) is 9.18 Å². The van der Waals surface area contributed by atoms with Gasteiger partial charge in [-0.1, -0.05) is 11.6 Å². The van der Waals surface area contributed by atoms with Gasteiger partial charge in [-0.15, -0.1) is 0 Å². The predicted molar refractivity (Wildman–Crippen MR) is 104 cm³/mol. The summed E-state index contributed by atoms with van der Waals surface area (Å²) in [6.45, 7) is 1.27. The van der Waals surface area contributed by atoms with Gasteiger partial charge in [-0.3, -0.25) is 4.90 Å². The van der Waals surface area contributed by atoms with Crippen LogP contribution in [-0.2, 0) is 0 Å². The third-order valence-corrected chi connectivity index (χ3v) is 5.18. The molecule has 0 saturated carbocycles. The van der Waals surface area contributed by atoms with E-state index in [0.29, 0.717) is 34.1 Å². The zero-order chi connectivity index (χ0) is 19.6. The van der Waals surface area contributed by atoms with Crippen LogP contribution in [0.5, 0.6) is 5.75 Å². The maximum atomic E-state index is 14.0. The number of hydrogen-bond donors (Lipinski definition) is 1. The van der Waals surface area contributed by atoms with E-state index in [1.54, 1.807) is 18.2 Å². The van der Waals surface area contributed by atoms with Crippen molar-refractivity contribution in [3.05, 3.63) is 47.2 Å². The molecule has 0 unspecified atom stereocenters. The van der Waals surface area contributed by atoms with Crippen LogP contribution < -0.4 is 9.64 Å². The Hall–Kier alpha value is -2.31. The molecule has 0 spiro atoms. The topological polar surface area (TPSA) is 53.0 Å². The van der Waals surface area contributed by atoms with Gasteiger partial charge in [-0.2, -0.15) is 0 Å². The van der Waals surface area contributed by atoms with Gasteiger partial charge < -0.3 is 14.7 Å². The Morgan fingerprint density at radius 1 is 1.37 bits per heavy atom. The van der Waals surface area contributed by atoms with Gasteiger partial charge in [0, 0.05) is 23.2 Å². The molecule has 2 aromatic rings. The molecule has 2 aromatic carbocycles. The molecule has 7 heteroatoms. The first kappa shape index (κ1) is 19.5. The van der Waals surface area contributed by atoms with E-state index in [0.717, 1.165) is 19.4 Å². The molecule has 1 amide bonds. The van der Waals surface area contributed by atoms with Crippen molar-refractivity contribution in [3.8, 4) is 16.9 Å². The van der Waals surface area contributed by atoms with E-state index < -0.39 is 11.9 Å². The summed E-state index contributed by atoms with van der Waals surface area (Å²) >= 11 is 6.16. The van der Waals surface area contributed by atoms with E-state index >= 15 is 0 Å². The molecule has 1 aliphatic rings. The third-order valence-electron chi connectivity index (χ3n) is 4.96. The highest BCUT2D eigenvalue weighted by Gasteiger charge is 2.28. The van der Waals surface area contributed by atoms with E-state index in [2.05, 4.69) is 4.90 Å². The van der Waals surface area contributed by atoms with E-state index in [4.69, 9.17) is 16.3 Å². The molecule has 1 aliphatic heterocycles. The first-order valence-corrected chi connectivity index (χ1v) is 9.12. The number of likely N-dealkylation sites (tertiary alicyclic amines) is 1. The number of carboxylic acid groups (broad SMARTS) is 1. The van der Waals surface area contributed by atoms with Crippen LogP contribution in [0.4, 0.5) is 14.9 Å². The van der Waals surface area contributed by atoms with Crippen LogP contribution in [0.2, 0.25) is 5.02 Å². The normalized spacial score (nSPS) is 17.1. The molecule has 3 rings (SSSR count). The van der Waals surface area contributed by atoms with Crippen LogP contribution in [0.1, 0.15) is 12.8 Å². The van der Waals surface area contributed by atoms with Gasteiger partial charge in [-0.05, 0) is 68.4 Å². The average Bonchev–Trinajstić information content (AvgIpc) is 3.04. The number of anilines is 1. The van der Waals surface area contributed by atoms with Crippen molar-refractivity contribution in [2.45, 2.75) is 18.9 Å². The molecule has 1 fully saturated rings. The highest BCUT2D eigenvalue weighted by molar-refractivity contribution is 6.31. The van der Waals surface area contributed by atoms with Crippen molar-refractivity contribution >= 4 is 23.4 Å². The highest BCUT2D eigenvalue weighted by Crippen LogP contribution is 2.36. The number of halogens is 2. The van der Waals surface area contributed by atoms with E-state index in [-0.39, 0.29) is 6.04 Å². The molecule has 1 atom stereocenters. The smallest absolute Gasteiger partial charge is 0.411 e. The molecule has 1 N–H and O–H groups in total. The van der Waals surface area contributed by atoms with Crippen molar-refractivity contribution in [3.63, 3.8) is 0 Å². The first-order chi connectivity index (χ1) is 12.9. The number of likely N-dealkylation sites (N-methyl/N-ethyl adjacent to an activating group) is 1. The Morgan fingerprint density at radius 3 is 2.78 bits per heavy atom. The molecule has 1 heterocycles. The fraction of sp³-hybridized carbons (Fsp3) is 0.350. The Kier molecular flexibility index (Phi) is 5.87. The number of ether oxygens (including phenoxy) is 1. The van der Waals surface area contributed by atoms with Gasteiger partial charge >= 0.3 is 6.09 Å². The summed E-state index contributed by atoms with van der Waals surface area (Å²) in [4.78, 5) is 15.5. The number of nitrogens with zero attached hydrogens (tertiary/aromatic N) is 2. The van der Waals surface area contributed by atoms with Gasteiger partial charge in [0.25, 0.3) is 0 Å². The summed E-state index contributed by atoms with van der Waals surface area (Å²) in [6, 6.07) is 9.26. The molecule has 0 aromatic heterocycles. The predicted octanol–water partition coefficient (Wildman–Crippen LogP) is 4.73. The molecule has 0 radical (unpaired) electrons. The Morgan fingerprint density at radius 2 is 2.15 bits per heavy atom. The van der Waals surface area contributed by atoms with Crippen LogP contribution in [0.25, 0.3) is 11.1 Å². The van der Waals surface area contributed by atoms with E-state index in [1.807, 2.05) is 7.05 Å². The largest absolute Gasteiger partial charge is 0.497 e. The van der Waals surface area contributed by atoms with Gasteiger partial charge in [0.1, 0.15) is 11.6 Å². The van der Waals surface area contributed by atoms with E-state index in [9.17, 15) is 14.3 Å². The van der Waals surface area contributed by atoms with Crippen LogP contribution >= 0.6 is 11.6 Å². The van der Waals surface area contributed by atoms with Gasteiger partial charge in [0.15, 0.2) is 0 Å². The van der Waals surface area contributed by atoms with Crippen molar-refractivity contribution in [2.75, 3.05) is 32.1 Å². The summed E-state index contributed by atoms with van der Waals surface area (Å²) in [7, 11) is 3.51. The Bertz CT molecular complexity index is 846. The molecular formula is C20H22ClFN2O3. The maximum Gasteiger partial charge on any atom is 0.411 e. The molecule has 0 aliphatic carbocycles. The fourth-order valence-electron chi connectivity index (χ4n) is 3.51. The number of methoxy groups -OCH3 is 1. The van der Waals surface area contributed by atoms with E-state index in [1.165, 1.54) is 30.2 Å². The lowest BCUT2D eigenvalue weighted by atomic mass is 10.0. The number of benzene rings is 2. The fourth-order valence-corrected chi connectivity index (χ4v) is 3.74. The third kappa shape index (κ3) is 4.34. The molecule has 1 saturated heterocycles. The second-order valence-electron chi connectivity index (χ2n) is 6.71. The Labute approximate surface area is 162 Å². The zero-order valence-corrected chi connectivity index (χ0v) is 16.0. The zero-order valence-electron chi connectivity index (χ0n) is 15.3. The lowest BCUT2D eigenvalue weighted by molar-refractivity contribution is 0.198. The summed E-state index contributed by atoms with van der Waals surface area (Å²) in [5.41, 5.74) is 1.48. The lowest BCUT2D eigenvalue weighted by Gasteiger charge is -2.28. The molecule has 0 bridgehead atoms. The minimum absolute atomic E-state index is 0.132. The minimum Gasteiger partial charge on any atom is -0.497 e. The summed E-state index contributed by atoms with van der Waals surface area (Å²) in [5, 5.41) is 10.3. The van der Waals surface area contributed by atoms with Crippen molar-refractivity contribution < 1.29 is 19.0 Å². The van der Waals surface area contributed by atoms with Crippen LogP contribution in [0.15, 0.2) is 36.4 Å². The highest BCUT2D eigenvalue weighted by atomic mass is 35.5. The number of hydrogen-bond acceptors (Lipinski definition) is 3. The average molecular weight is 393 g/mol. The van der Waals surface area contributed by atoms with Crippen molar-refractivity contribution in [2.24, 2.45) is 0 Å². The lowest BCUT2D eigenvalue weighted by Crippen LogP contribution is -2.41. The summed E-state index contributed by atoms with van der Waals surface area (Å²) in [6.07, 6.45) is 0.898. The standard InChI is InChI=1S/C20H22ClFN2O3/c1-23-7-3-4-16(23)12-24(20(25)26)19-6-5-15(22)11-18(19)13-8-14(21)10-17(9-13)27-2/h5-6,8-11,16H,3-4,7,12H2,1-2H3,(H,25,26)/t16-/m0/s1. The molecular weight excluding hydrogens is 371 g/mol. The quantitative estimate of drug-likeness (QED) is 0.799. The van der Waals surface area contributed by atoms with Crippen LogP contribution in [0, 0.1) is 5.82 Å². The number of rotatable bonds is 5. The van der Waals surface area contributed by atoms with Crippen LogP contribution in [0.3, 0.4) is 0 Å². The molecule has 144 valence electrons. The van der Waals surface area contributed by atoms with Gasteiger partial charge in [0.05, 0.1) is 12.8 Å². The van der Waals surface area contributed by atoms with Crippen molar-refractivity contribution in [1.29, 1.82) is 0 Å². The molecule has 5 nitrogen and oxygen atoms in total. The second kappa shape index (κ2) is 8.15. The maximum absolute atomic E-state index is 14.0. The number of carbonyl (C=O) groups is 1.